The van der Waals surface area contributed by atoms with E-state index < -0.39 is 0 Å². The van der Waals surface area contributed by atoms with E-state index in [0.29, 0.717) is 5.92 Å². The number of hydrogen-bond donors (Lipinski definition) is 1. The maximum atomic E-state index is 6.45. The third kappa shape index (κ3) is 2.82. The zero-order chi connectivity index (χ0) is 14.7. The van der Waals surface area contributed by atoms with Crippen molar-refractivity contribution in [2.24, 2.45) is 0 Å². The van der Waals surface area contributed by atoms with Gasteiger partial charge in [0.25, 0.3) is 0 Å². The number of imidazole rings is 1. The van der Waals surface area contributed by atoms with Crippen molar-refractivity contribution in [3.63, 3.8) is 0 Å². The van der Waals surface area contributed by atoms with Crippen LogP contribution in [0.15, 0.2) is 30.3 Å². The second-order valence-electron chi connectivity index (χ2n) is 6.06. The van der Waals surface area contributed by atoms with E-state index in [4.69, 9.17) is 10.7 Å². The molecular weight excluding hydrogens is 258 g/mol. The van der Waals surface area contributed by atoms with E-state index >= 15 is 0 Å². The summed E-state index contributed by atoms with van der Waals surface area (Å²) in [6, 6.07) is 10.3. The molecule has 1 aliphatic rings. The zero-order valence-electron chi connectivity index (χ0n) is 12.9. The van der Waals surface area contributed by atoms with Gasteiger partial charge in [-0.1, -0.05) is 56.5 Å². The Balaban J connectivity index is 2.01. The number of nitrogens with zero attached hydrogens (tertiary/aromatic N) is 2. The van der Waals surface area contributed by atoms with Crippen LogP contribution in [0.5, 0.6) is 0 Å². The van der Waals surface area contributed by atoms with E-state index in [9.17, 15) is 0 Å². The van der Waals surface area contributed by atoms with Crippen LogP contribution in [0.4, 0.5) is 5.82 Å². The van der Waals surface area contributed by atoms with E-state index in [0.717, 1.165) is 30.0 Å². The van der Waals surface area contributed by atoms with E-state index in [1.165, 1.54) is 37.9 Å². The average molecular weight is 283 g/mol. The summed E-state index contributed by atoms with van der Waals surface area (Å²) in [5.74, 6) is 2.66. The van der Waals surface area contributed by atoms with Gasteiger partial charge in [0.05, 0.1) is 0 Å². The molecule has 1 aliphatic carbocycles. The largest absolute Gasteiger partial charge is 0.383 e. The van der Waals surface area contributed by atoms with Gasteiger partial charge in [0, 0.05) is 18.0 Å². The van der Waals surface area contributed by atoms with Crippen LogP contribution in [0.3, 0.4) is 0 Å². The number of benzene rings is 1. The van der Waals surface area contributed by atoms with Crippen molar-refractivity contribution in [1.82, 2.24) is 9.55 Å². The first kappa shape index (κ1) is 14.2. The van der Waals surface area contributed by atoms with Crippen LogP contribution in [-0.4, -0.2) is 9.55 Å². The van der Waals surface area contributed by atoms with Crippen molar-refractivity contribution >= 4 is 5.82 Å². The maximum absolute atomic E-state index is 6.45. The Morgan fingerprint density at radius 1 is 1.19 bits per heavy atom. The van der Waals surface area contributed by atoms with Crippen LogP contribution in [0.2, 0.25) is 0 Å². The van der Waals surface area contributed by atoms with Gasteiger partial charge in [0.15, 0.2) is 0 Å². The fourth-order valence-electron chi connectivity index (χ4n) is 3.34. The van der Waals surface area contributed by atoms with Crippen LogP contribution in [0.25, 0.3) is 11.3 Å². The minimum absolute atomic E-state index is 0.599. The molecule has 0 amide bonds. The zero-order valence-corrected chi connectivity index (χ0v) is 12.9. The summed E-state index contributed by atoms with van der Waals surface area (Å²) in [5.41, 5.74) is 8.54. The van der Waals surface area contributed by atoms with Gasteiger partial charge in [-0.2, -0.15) is 0 Å². The fourth-order valence-corrected chi connectivity index (χ4v) is 3.34. The summed E-state index contributed by atoms with van der Waals surface area (Å²) < 4.78 is 2.28. The topological polar surface area (TPSA) is 43.8 Å². The molecule has 1 aromatic carbocycles. The lowest BCUT2D eigenvalue weighted by Crippen LogP contribution is -2.10. The van der Waals surface area contributed by atoms with Crippen LogP contribution >= 0.6 is 0 Å². The van der Waals surface area contributed by atoms with E-state index in [1.807, 2.05) is 6.07 Å². The lowest BCUT2D eigenvalue weighted by molar-refractivity contribution is 0.561. The second kappa shape index (κ2) is 6.33. The molecule has 1 heterocycles. The van der Waals surface area contributed by atoms with Crippen LogP contribution in [0, 0.1) is 0 Å². The highest BCUT2D eigenvalue weighted by Crippen LogP contribution is 2.37. The lowest BCUT2D eigenvalue weighted by atomic mass is 10.1. The van der Waals surface area contributed by atoms with Crippen molar-refractivity contribution < 1.29 is 0 Å². The molecule has 0 aliphatic heterocycles. The average Bonchev–Trinajstić information content (AvgIpc) is 3.14. The molecule has 1 saturated carbocycles. The molecule has 112 valence electrons. The van der Waals surface area contributed by atoms with E-state index in [2.05, 4.69) is 35.8 Å². The molecule has 1 fully saturated rings. The summed E-state index contributed by atoms with van der Waals surface area (Å²) in [6.07, 6.45) is 7.52. The normalized spacial score (nSPS) is 15.7. The molecular formula is C18H25N3. The SMILES string of the molecule is CCCCn1c(C2CCCC2)nc(-c2ccccc2)c1N. The van der Waals surface area contributed by atoms with Gasteiger partial charge in [0.2, 0.25) is 0 Å². The van der Waals surface area contributed by atoms with Crippen molar-refractivity contribution in [2.75, 3.05) is 5.73 Å². The van der Waals surface area contributed by atoms with Crippen molar-refractivity contribution in [1.29, 1.82) is 0 Å². The van der Waals surface area contributed by atoms with Crippen LogP contribution in [-0.2, 0) is 6.54 Å². The monoisotopic (exact) mass is 283 g/mol. The third-order valence-electron chi connectivity index (χ3n) is 4.54. The smallest absolute Gasteiger partial charge is 0.131 e. The number of hydrogen-bond acceptors (Lipinski definition) is 2. The molecule has 2 N–H and O–H groups in total. The summed E-state index contributed by atoms with van der Waals surface area (Å²) in [6.45, 7) is 3.22. The van der Waals surface area contributed by atoms with Crippen molar-refractivity contribution in [3.8, 4) is 11.3 Å². The molecule has 0 saturated heterocycles. The highest BCUT2D eigenvalue weighted by molar-refractivity contribution is 5.71. The van der Waals surface area contributed by atoms with E-state index in [1.54, 1.807) is 0 Å². The maximum Gasteiger partial charge on any atom is 0.131 e. The lowest BCUT2D eigenvalue weighted by Gasteiger charge is -2.13. The Morgan fingerprint density at radius 2 is 1.90 bits per heavy atom. The molecule has 2 aromatic rings. The van der Waals surface area contributed by atoms with Gasteiger partial charge >= 0.3 is 0 Å². The number of nitrogens with two attached hydrogens (primary N) is 1. The highest BCUT2D eigenvalue weighted by atomic mass is 15.1. The van der Waals surface area contributed by atoms with Gasteiger partial charge in [-0.15, -0.1) is 0 Å². The van der Waals surface area contributed by atoms with Gasteiger partial charge in [-0.05, 0) is 19.3 Å². The molecule has 0 radical (unpaired) electrons. The van der Waals surface area contributed by atoms with Crippen molar-refractivity contribution in [3.05, 3.63) is 36.2 Å². The molecule has 21 heavy (non-hydrogen) atoms. The molecule has 3 heteroatoms. The van der Waals surface area contributed by atoms with Crippen LogP contribution in [0.1, 0.15) is 57.2 Å². The Kier molecular flexibility index (Phi) is 4.28. The summed E-state index contributed by atoms with van der Waals surface area (Å²) >= 11 is 0. The Bertz CT molecular complexity index is 580. The first-order valence-corrected chi connectivity index (χ1v) is 8.22. The standard InChI is InChI=1S/C18H25N3/c1-2-3-13-21-17(19)16(14-9-5-4-6-10-14)20-18(21)15-11-7-8-12-15/h4-6,9-10,15H,2-3,7-8,11-13,19H2,1H3. The molecule has 0 unspecified atom stereocenters. The van der Waals surface area contributed by atoms with Crippen molar-refractivity contribution in [2.45, 2.75) is 57.9 Å². The minimum Gasteiger partial charge on any atom is -0.383 e. The second-order valence-corrected chi connectivity index (χ2v) is 6.06. The van der Waals surface area contributed by atoms with Gasteiger partial charge in [0.1, 0.15) is 17.3 Å². The quantitative estimate of drug-likeness (QED) is 0.872. The molecule has 0 atom stereocenters. The fraction of sp³-hybridized carbons (Fsp3) is 0.500. The molecule has 0 bridgehead atoms. The van der Waals surface area contributed by atoms with E-state index in [-0.39, 0.29) is 0 Å². The summed E-state index contributed by atoms with van der Waals surface area (Å²) in [7, 11) is 0. The molecule has 3 rings (SSSR count). The van der Waals surface area contributed by atoms with Gasteiger partial charge in [-0.25, -0.2) is 4.98 Å². The van der Waals surface area contributed by atoms with Gasteiger partial charge < -0.3 is 10.3 Å². The first-order chi connectivity index (χ1) is 10.3. The Hall–Kier alpha value is -1.77. The number of aromatic nitrogens is 2. The number of nitrogen functional groups attached to an aromatic ring is 1. The highest BCUT2D eigenvalue weighted by Gasteiger charge is 2.25. The summed E-state index contributed by atoms with van der Waals surface area (Å²) in [4.78, 5) is 4.95. The van der Waals surface area contributed by atoms with Crippen LogP contribution < -0.4 is 5.73 Å². The Morgan fingerprint density at radius 3 is 2.57 bits per heavy atom. The Labute approximate surface area is 127 Å². The predicted molar refractivity (Wildman–Crippen MR) is 88.2 cm³/mol. The number of unbranched alkanes of at least 4 members (excludes halogenated alkanes) is 1. The third-order valence-corrected chi connectivity index (χ3v) is 4.54. The number of rotatable bonds is 5. The number of anilines is 1. The van der Waals surface area contributed by atoms with Gasteiger partial charge in [-0.3, -0.25) is 0 Å². The molecule has 3 nitrogen and oxygen atoms in total. The molecule has 0 spiro atoms. The summed E-state index contributed by atoms with van der Waals surface area (Å²) in [5, 5.41) is 0. The minimum atomic E-state index is 0.599. The predicted octanol–water partition coefficient (Wildman–Crippen LogP) is 4.59. The molecule has 1 aromatic heterocycles. The first-order valence-electron chi connectivity index (χ1n) is 8.22.